The fraction of sp³-hybridized carbons (Fsp3) is 0.417. The van der Waals surface area contributed by atoms with Gasteiger partial charge in [0.15, 0.2) is 0 Å². The number of nitrogens with one attached hydrogen (secondary N) is 2. The fourth-order valence-corrected chi connectivity index (χ4v) is 1.77. The Labute approximate surface area is 89.9 Å². The number of rotatable bonds is 2. The molecule has 1 amide bonds. The Bertz CT molecular complexity index is 345. The molecule has 1 saturated heterocycles. The predicted octanol–water partition coefficient (Wildman–Crippen LogP) is 0.626. The molecule has 1 fully saturated rings. The first kappa shape index (κ1) is 10.2. The van der Waals surface area contributed by atoms with Crippen LogP contribution in [0.3, 0.4) is 0 Å². The zero-order chi connectivity index (χ0) is 10.7. The molecular weight excluding hydrogens is 188 g/mol. The first-order chi connectivity index (χ1) is 7.25. The Morgan fingerprint density at radius 1 is 1.27 bits per heavy atom. The fourth-order valence-electron chi connectivity index (χ4n) is 1.77. The van der Waals surface area contributed by atoms with Crippen LogP contribution >= 0.6 is 0 Å². The molecule has 3 heteroatoms. The molecule has 0 aromatic heterocycles. The minimum atomic E-state index is -0.0681. The minimum absolute atomic E-state index is 0.0681. The average molecular weight is 204 g/mol. The zero-order valence-electron chi connectivity index (χ0n) is 8.92. The summed E-state index contributed by atoms with van der Waals surface area (Å²) in [6.07, 6.45) is 0.770. The van der Waals surface area contributed by atoms with Crippen LogP contribution in [0.4, 0.5) is 0 Å². The van der Waals surface area contributed by atoms with Gasteiger partial charge < -0.3 is 10.6 Å². The van der Waals surface area contributed by atoms with E-state index in [2.05, 4.69) is 41.8 Å². The highest BCUT2D eigenvalue weighted by molar-refractivity contribution is 5.82. The molecule has 3 nitrogen and oxygen atoms in total. The Morgan fingerprint density at radius 3 is 2.67 bits per heavy atom. The first-order valence-corrected chi connectivity index (χ1v) is 5.32. The molecule has 2 N–H and O–H groups in total. The summed E-state index contributed by atoms with van der Waals surface area (Å²) in [7, 11) is 0. The number of benzene rings is 1. The molecule has 1 heterocycles. The van der Waals surface area contributed by atoms with Gasteiger partial charge in [-0.3, -0.25) is 4.79 Å². The highest BCUT2D eigenvalue weighted by Crippen LogP contribution is 2.07. The van der Waals surface area contributed by atoms with Crippen molar-refractivity contribution in [3.8, 4) is 0 Å². The van der Waals surface area contributed by atoms with E-state index in [9.17, 15) is 4.79 Å². The standard InChI is InChI=1S/C12H16N2O/c1-9-2-4-10(5-3-9)8-11-12(15)14-7-6-13-11/h2-5,11,13H,6-8H2,1H3,(H,14,15)/t11-/m1/s1. The number of amides is 1. The number of hydrogen-bond acceptors (Lipinski definition) is 2. The van der Waals surface area contributed by atoms with Crippen molar-refractivity contribution in [2.45, 2.75) is 19.4 Å². The van der Waals surface area contributed by atoms with E-state index in [0.29, 0.717) is 0 Å². The molecule has 2 rings (SSSR count). The molecule has 1 atom stereocenters. The van der Waals surface area contributed by atoms with Crippen LogP contribution in [-0.2, 0) is 11.2 Å². The summed E-state index contributed by atoms with van der Waals surface area (Å²) in [5.74, 6) is 0.113. The van der Waals surface area contributed by atoms with Crippen molar-refractivity contribution < 1.29 is 4.79 Å². The van der Waals surface area contributed by atoms with E-state index in [0.717, 1.165) is 19.5 Å². The predicted molar refractivity (Wildman–Crippen MR) is 59.7 cm³/mol. The molecule has 1 aliphatic heterocycles. The summed E-state index contributed by atoms with van der Waals surface area (Å²) in [5, 5.41) is 6.08. The van der Waals surface area contributed by atoms with Gasteiger partial charge in [-0.2, -0.15) is 0 Å². The van der Waals surface area contributed by atoms with Crippen molar-refractivity contribution in [3.05, 3.63) is 35.4 Å². The largest absolute Gasteiger partial charge is 0.353 e. The lowest BCUT2D eigenvalue weighted by molar-refractivity contribution is -0.124. The van der Waals surface area contributed by atoms with Gasteiger partial charge in [-0.1, -0.05) is 29.8 Å². The zero-order valence-corrected chi connectivity index (χ0v) is 8.92. The van der Waals surface area contributed by atoms with Gasteiger partial charge in [-0.05, 0) is 18.9 Å². The molecule has 0 unspecified atom stereocenters. The molecule has 80 valence electrons. The Morgan fingerprint density at radius 2 is 2.00 bits per heavy atom. The number of hydrogen-bond donors (Lipinski definition) is 2. The van der Waals surface area contributed by atoms with Crippen LogP contribution in [-0.4, -0.2) is 25.0 Å². The number of piperazine rings is 1. The lowest BCUT2D eigenvalue weighted by atomic mass is 10.0. The molecule has 1 aromatic carbocycles. The van der Waals surface area contributed by atoms with E-state index in [1.54, 1.807) is 0 Å². The second-order valence-electron chi connectivity index (χ2n) is 3.99. The molecule has 1 aliphatic rings. The van der Waals surface area contributed by atoms with Crippen molar-refractivity contribution in [2.75, 3.05) is 13.1 Å². The maximum absolute atomic E-state index is 11.5. The van der Waals surface area contributed by atoms with E-state index in [4.69, 9.17) is 0 Å². The van der Waals surface area contributed by atoms with E-state index < -0.39 is 0 Å². The van der Waals surface area contributed by atoms with Crippen LogP contribution in [0.2, 0.25) is 0 Å². The third kappa shape index (κ3) is 2.57. The van der Waals surface area contributed by atoms with Gasteiger partial charge in [-0.15, -0.1) is 0 Å². The summed E-state index contributed by atoms with van der Waals surface area (Å²) in [4.78, 5) is 11.5. The van der Waals surface area contributed by atoms with E-state index in [1.807, 2.05) is 0 Å². The average Bonchev–Trinajstić information content (AvgIpc) is 2.25. The van der Waals surface area contributed by atoms with Gasteiger partial charge in [0.1, 0.15) is 0 Å². The van der Waals surface area contributed by atoms with E-state index >= 15 is 0 Å². The normalized spacial score (nSPS) is 21.1. The van der Waals surface area contributed by atoms with Gasteiger partial charge in [-0.25, -0.2) is 0 Å². The van der Waals surface area contributed by atoms with Crippen molar-refractivity contribution >= 4 is 5.91 Å². The van der Waals surface area contributed by atoms with Crippen molar-refractivity contribution in [2.24, 2.45) is 0 Å². The lowest BCUT2D eigenvalue weighted by Crippen LogP contribution is -2.53. The molecule has 15 heavy (non-hydrogen) atoms. The number of carbonyl (C=O) groups is 1. The molecule has 0 spiro atoms. The molecule has 0 saturated carbocycles. The smallest absolute Gasteiger partial charge is 0.237 e. The van der Waals surface area contributed by atoms with Crippen LogP contribution in [0.5, 0.6) is 0 Å². The molecule has 0 radical (unpaired) electrons. The van der Waals surface area contributed by atoms with Crippen LogP contribution in [0.15, 0.2) is 24.3 Å². The molecule has 1 aromatic rings. The van der Waals surface area contributed by atoms with Gasteiger partial charge in [0.25, 0.3) is 0 Å². The van der Waals surface area contributed by atoms with Gasteiger partial charge >= 0.3 is 0 Å². The summed E-state index contributed by atoms with van der Waals surface area (Å²) in [6, 6.07) is 8.26. The number of carbonyl (C=O) groups excluding carboxylic acids is 1. The molecule has 0 bridgehead atoms. The third-order valence-electron chi connectivity index (χ3n) is 2.69. The maximum Gasteiger partial charge on any atom is 0.237 e. The molecular formula is C12H16N2O. The highest BCUT2D eigenvalue weighted by Gasteiger charge is 2.20. The second kappa shape index (κ2) is 4.45. The number of aryl methyl sites for hydroxylation is 1. The van der Waals surface area contributed by atoms with Crippen molar-refractivity contribution in [1.29, 1.82) is 0 Å². The summed E-state index contributed by atoms with van der Waals surface area (Å²) in [5.41, 5.74) is 2.45. The summed E-state index contributed by atoms with van der Waals surface area (Å²) in [6.45, 7) is 3.67. The van der Waals surface area contributed by atoms with Crippen LogP contribution in [0.1, 0.15) is 11.1 Å². The van der Waals surface area contributed by atoms with Gasteiger partial charge in [0, 0.05) is 13.1 Å². The van der Waals surface area contributed by atoms with Gasteiger partial charge in [0.05, 0.1) is 6.04 Å². The minimum Gasteiger partial charge on any atom is -0.353 e. The topological polar surface area (TPSA) is 41.1 Å². The summed E-state index contributed by atoms with van der Waals surface area (Å²) < 4.78 is 0. The first-order valence-electron chi connectivity index (χ1n) is 5.32. The second-order valence-corrected chi connectivity index (χ2v) is 3.99. The van der Waals surface area contributed by atoms with Gasteiger partial charge in [0.2, 0.25) is 5.91 Å². The van der Waals surface area contributed by atoms with E-state index in [-0.39, 0.29) is 11.9 Å². The monoisotopic (exact) mass is 204 g/mol. The maximum atomic E-state index is 11.5. The quantitative estimate of drug-likeness (QED) is 0.741. The third-order valence-corrected chi connectivity index (χ3v) is 2.69. The van der Waals surface area contributed by atoms with Crippen LogP contribution in [0, 0.1) is 6.92 Å². The van der Waals surface area contributed by atoms with Crippen molar-refractivity contribution in [1.82, 2.24) is 10.6 Å². The Kier molecular flexibility index (Phi) is 3.02. The lowest BCUT2D eigenvalue weighted by Gasteiger charge is -2.23. The van der Waals surface area contributed by atoms with Crippen molar-refractivity contribution in [3.63, 3.8) is 0 Å². The summed E-state index contributed by atoms with van der Waals surface area (Å²) >= 11 is 0. The Balaban J connectivity index is 2.01. The van der Waals surface area contributed by atoms with E-state index in [1.165, 1.54) is 11.1 Å². The molecule has 0 aliphatic carbocycles. The SMILES string of the molecule is Cc1ccc(C[C@H]2NCCNC2=O)cc1. The van der Waals surface area contributed by atoms with Crippen LogP contribution in [0.25, 0.3) is 0 Å². The van der Waals surface area contributed by atoms with Crippen LogP contribution < -0.4 is 10.6 Å². The Hall–Kier alpha value is -1.35. The highest BCUT2D eigenvalue weighted by atomic mass is 16.2.